The Balaban J connectivity index is 1.59. The number of nitrogens with two attached hydrogens (primary N) is 1. The molecule has 1 fully saturated rings. The van der Waals surface area contributed by atoms with E-state index in [-0.39, 0.29) is 24.4 Å². The highest BCUT2D eigenvalue weighted by atomic mass is 35.5. The predicted octanol–water partition coefficient (Wildman–Crippen LogP) is 3.27. The standard InChI is InChI=1S/C24H23ClN2O5S/c25-19-9-5-10-20(14-19)32-24(18-7-2-1-3-8-18)15-27(16-24)33(30,31)21-11-4-6-17(12-21)13-22(26)23(28)29/h1-12,14,22H,13,15-16,26H2,(H,28,29). The summed E-state index contributed by atoms with van der Waals surface area (Å²) in [4.78, 5) is 11.1. The number of hydrogen-bond donors (Lipinski definition) is 2. The number of ether oxygens (including phenoxy) is 1. The van der Waals surface area contributed by atoms with Gasteiger partial charge in [0.25, 0.3) is 0 Å². The van der Waals surface area contributed by atoms with Crippen LogP contribution in [0.2, 0.25) is 5.02 Å². The maximum absolute atomic E-state index is 13.3. The zero-order valence-electron chi connectivity index (χ0n) is 17.6. The number of rotatable bonds is 8. The second-order valence-corrected chi connectivity index (χ2v) is 10.4. The molecule has 33 heavy (non-hydrogen) atoms. The smallest absolute Gasteiger partial charge is 0.320 e. The Labute approximate surface area is 197 Å². The first-order valence-corrected chi connectivity index (χ1v) is 12.1. The van der Waals surface area contributed by atoms with Crippen LogP contribution < -0.4 is 10.5 Å². The molecule has 3 aromatic rings. The molecule has 0 aromatic heterocycles. The van der Waals surface area contributed by atoms with E-state index >= 15 is 0 Å². The molecule has 0 radical (unpaired) electrons. The molecule has 3 N–H and O–H groups in total. The fourth-order valence-corrected chi connectivity index (χ4v) is 5.61. The molecule has 0 bridgehead atoms. The lowest BCUT2D eigenvalue weighted by molar-refractivity contribution is -0.138. The third-order valence-electron chi connectivity index (χ3n) is 5.58. The minimum atomic E-state index is -3.82. The van der Waals surface area contributed by atoms with Crippen LogP contribution in [0.4, 0.5) is 0 Å². The van der Waals surface area contributed by atoms with Gasteiger partial charge in [-0.3, -0.25) is 4.79 Å². The number of benzene rings is 3. The molecule has 172 valence electrons. The Kier molecular flexibility index (Phi) is 6.45. The molecular formula is C24H23ClN2O5S. The number of nitrogens with zero attached hydrogens (tertiary/aromatic N) is 1. The molecular weight excluding hydrogens is 464 g/mol. The summed E-state index contributed by atoms with van der Waals surface area (Å²) < 4.78 is 34.3. The molecule has 0 saturated carbocycles. The van der Waals surface area contributed by atoms with Crippen LogP contribution in [0.3, 0.4) is 0 Å². The zero-order chi connectivity index (χ0) is 23.6. The number of carboxylic acids is 1. The van der Waals surface area contributed by atoms with E-state index in [4.69, 9.17) is 27.2 Å². The molecule has 3 aromatic carbocycles. The van der Waals surface area contributed by atoms with Gasteiger partial charge in [-0.05, 0) is 47.9 Å². The van der Waals surface area contributed by atoms with Gasteiger partial charge in [0.1, 0.15) is 11.8 Å². The Bertz CT molecular complexity index is 1260. The van der Waals surface area contributed by atoms with Crippen LogP contribution in [-0.2, 0) is 26.8 Å². The van der Waals surface area contributed by atoms with Crippen LogP contribution in [0.15, 0.2) is 83.8 Å². The molecule has 1 aliphatic rings. The summed E-state index contributed by atoms with van der Waals surface area (Å²) in [5, 5.41) is 9.56. The third kappa shape index (κ3) is 4.89. The van der Waals surface area contributed by atoms with E-state index < -0.39 is 27.6 Å². The second kappa shape index (κ2) is 9.15. The van der Waals surface area contributed by atoms with Crippen LogP contribution in [0.1, 0.15) is 11.1 Å². The number of aliphatic carboxylic acids is 1. The van der Waals surface area contributed by atoms with E-state index in [9.17, 15) is 13.2 Å². The monoisotopic (exact) mass is 486 g/mol. The van der Waals surface area contributed by atoms with Crippen LogP contribution >= 0.6 is 11.6 Å². The first-order chi connectivity index (χ1) is 15.7. The highest BCUT2D eigenvalue weighted by Gasteiger charge is 2.52. The van der Waals surface area contributed by atoms with E-state index in [1.807, 2.05) is 30.3 Å². The lowest BCUT2D eigenvalue weighted by Gasteiger charge is -2.48. The summed E-state index contributed by atoms with van der Waals surface area (Å²) in [7, 11) is -3.82. The summed E-state index contributed by atoms with van der Waals surface area (Å²) in [6, 6.07) is 21.5. The molecule has 0 spiro atoms. The van der Waals surface area contributed by atoms with Gasteiger partial charge in [-0.1, -0.05) is 60.1 Å². The van der Waals surface area contributed by atoms with Crippen LogP contribution in [0.5, 0.6) is 5.75 Å². The fraction of sp³-hybridized carbons (Fsp3) is 0.208. The van der Waals surface area contributed by atoms with E-state index in [1.54, 1.807) is 36.4 Å². The quantitative estimate of drug-likeness (QED) is 0.505. The van der Waals surface area contributed by atoms with Gasteiger partial charge in [0.15, 0.2) is 5.60 Å². The predicted molar refractivity (Wildman–Crippen MR) is 125 cm³/mol. The molecule has 7 nitrogen and oxygen atoms in total. The number of carboxylic acid groups (broad SMARTS) is 1. The van der Waals surface area contributed by atoms with Gasteiger partial charge in [-0.2, -0.15) is 4.31 Å². The molecule has 1 saturated heterocycles. The van der Waals surface area contributed by atoms with Gasteiger partial charge in [-0.15, -0.1) is 0 Å². The Morgan fingerprint density at radius 3 is 2.42 bits per heavy atom. The van der Waals surface area contributed by atoms with Crippen molar-refractivity contribution in [3.8, 4) is 5.75 Å². The second-order valence-electron chi connectivity index (χ2n) is 7.99. The van der Waals surface area contributed by atoms with Gasteiger partial charge in [0.2, 0.25) is 10.0 Å². The van der Waals surface area contributed by atoms with Crippen molar-refractivity contribution in [2.75, 3.05) is 13.1 Å². The number of hydrogen-bond acceptors (Lipinski definition) is 5. The fourth-order valence-electron chi connectivity index (χ4n) is 3.82. The van der Waals surface area contributed by atoms with Gasteiger partial charge >= 0.3 is 5.97 Å². The van der Waals surface area contributed by atoms with Crippen molar-refractivity contribution < 1.29 is 23.1 Å². The van der Waals surface area contributed by atoms with Crippen molar-refractivity contribution in [3.05, 3.63) is 95.0 Å². The topological polar surface area (TPSA) is 110 Å². The van der Waals surface area contributed by atoms with Crippen LogP contribution in [0.25, 0.3) is 0 Å². The first-order valence-electron chi connectivity index (χ1n) is 10.3. The van der Waals surface area contributed by atoms with E-state index in [1.165, 1.54) is 16.4 Å². The SMILES string of the molecule is NC(Cc1cccc(S(=O)(=O)N2CC(Oc3cccc(Cl)c3)(c3ccccc3)C2)c1)C(=O)O. The maximum atomic E-state index is 13.3. The molecule has 0 aliphatic carbocycles. The molecule has 4 rings (SSSR count). The van der Waals surface area contributed by atoms with Crippen molar-refractivity contribution in [3.63, 3.8) is 0 Å². The van der Waals surface area contributed by atoms with Crippen molar-refractivity contribution in [1.29, 1.82) is 0 Å². The van der Waals surface area contributed by atoms with E-state index in [0.29, 0.717) is 16.3 Å². The number of carbonyl (C=O) groups is 1. The summed E-state index contributed by atoms with van der Waals surface area (Å²) >= 11 is 6.10. The third-order valence-corrected chi connectivity index (χ3v) is 7.60. The Hall–Kier alpha value is -2.91. The highest BCUT2D eigenvalue weighted by molar-refractivity contribution is 7.89. The van der Waals surface area contributed by atoms with Gasteiger partial charge in [-0.25, -0.2) is 8.42 Å². The molecule has 9 heteroatoms. The Morgan fingerprint density at radius 1 is 1.06 bits per heavy atom. The summed E-state index contributed by atoms with van der Waals surface area (Å²) in [6.45, 7) is 0.232. The first kappa shape index (κ1) is 23.3. The summed E-state index contributed by atoms with van der Waals surface area (Å²) in [6.07, 6.45) is 0.0323. The minimum Gasteiger partial charge on any atom is -0.480 e. The van der Waals surface area contributed by atoms with Crippen LogP contribution in [0, 0.1) is 0 Å². The lowest BCUT2D eigenvalue weighted by Crippen LogP contribution is -2.64. The lowest BCUT2D eigenvalue weighted by atomic mass is 9.87. The molecule has 0 amide bonds. The highest BCUT2D eigenvalue weighted by Crippen LogP contribution is 2.40. The zero-order valence-corrected chi connectivity index (χ0v) is 19.2. The Morgan fingerprint density at radius 2 is 1.76 bits per heavy atom. The summed E-state index contributed by atoms with van der Waals surface area (Å²) in [5.41, 5.74) is 6.14. The van der Waals surface area contributed by atoms with Crippen LogP contribution in [-0.4, -0.2) is 42.9 Å². The van der Waals surface area contributed by atoms with Crippen molar-refractivity contribution in [2.45, 2.75) is 23.0 Å². The molecule has 1 heterocycles. The van der Waals surface area contributed by atoms with E-state index in [0.717, 1.165) is 5.56 Å². The van der Waals surface area contributed by atoms with Crippen molar-refractivity contribution >= 4 is 27.6 Å². The average Bonchev–Trinajstić information content (AvgIpc) is 2.76. The van der Waals surface area contributed by atoms with Gasteiger partial charge in [0, 0.05) is 5.02 Å². The molecule has 1 atom stereocenters. The van der Waals surface area contributed by atoms with Crippen molar-refractivity contribution in [2.24, 2.45) is 5.73 Å². The van der Waals surface area contributed by atoms with Crippen molar-refractivity contribution in [1.82, 2.24) is 4.31 Å². The minimum absolute atomic E-state index is 0.0323. The summed E-state index contributed by atoms with van der Waals surface area (Å²) in [5.74, 6) is -0.593. The molecule has 1 aliphatic heterocycles. The number of sulfonamides is 1. The van der Waals surface area contributed by atoms with E-state index in [2.05, 4.69) is 0 Å². The largest absolute Gasteiger partial charge is 0.480 e. The van der Waals surface area contributed by atoms with Gasteiger partial charge < -0.3 is 15.6 Å². The molecule has 1 unspecified atom stereocenters. The maximum Gasteiger partial charge on any atom is 0.320 e. The number of halogens is 1. The normalized spacial score (nSPS) is 16.5. The van der Waals surface area contributed by atoms with Gasteiger partial charge in [0.05, 0.1) is 18.0 Å². The average molecular weight is 487 g/mol.